The summed E-state index contributed by atoms with van der Waals surface area (Å²) in [4.78, 5) is 61.9. The highest BCUT2D eigenvalue weighted by Crippen LogP contribution is 2.60. The van der Waals surface area contributed by atoms with Crippen molar-refractivity contribution in [3.63, 3.8) is 0 Å². The molecule has 1 aromatic rings. The van der Waals surface area contributed by atoms with Crippen LogP contribution in [0.15, 0.2) is 90.0 Å². The quantitative estimate of drug-likeness (QED) is 0.0107. The number of hydrogen-bond acceptors (Lipinski definition) is 17. The molecule has 1 aliphatic heterocycles. The van der Waals surface area contributed by atoms with E-state index >= 15 is 0 Å². The molecule has 0 aliphatic carbocycles. The minimum absolute atomic E-state index is 0.0101. The number of hydrogen-bond donors (Lipinski definition) is 7. The second-order valence-electron chi connectivity index (χ2n) is 18.2. The van der Waals surface area contributed by atoms with Gasteiger partial charge in [-0.15, -0.1) is 0 Å². The van der Waals surface area contributed by atoms with Crippen LogP contribution < -0.4 is 11.4 Å². The van der Waals surface area contributed by atoms with E-state index in [-0.39, 0.29) is 18.7 Å². The Hall–Kier alpha value is -3.88. The van der Waals surface area contributed by atoms with E-state index in [0.717, 1.165) is 48.8 Å². The number of phosphoric ester groups is 2. The molecule has 0 bridgehead atoms. The zero-order valence-electron chi connectivity index (χ0n) is 42.8. The number of phosphoric acid groups is 2. The van der Waals surface area contributed by atoms with Crippen molar-refractivity contribution in [3.8, 4) is 0 Å². The van der Waals surface area contributed by atoms with Crippen molar-refractivity contribution in [2.75, 3.05) is 25.6 Å². The number of nitrogen functional groups attached to an aromatic ring is 1. The number of nitrogens with zero attached hydrogens (tertiary/aromatic N) is 2. The van der Waals surface area contributed by atoms with E-state index in [1.54, 1.807) is 42.5 Å². The first-order valence-corrected chi connectivity index (χ1v) is 28.5. The lowest BCUT2D eigenvalue weighted by Crippen LogP contribution is -2.36. The SMILES string of the molecule is CC/C=C\C[C@@H](O)/C=C/C=C\C=C\[C@@H](O)C/C=C\C/C=C\CCC(=O)OC[C@H](COP(=O)(O)OP(=O)(O)OC[C@H]1O[C@@H](n2ccc(N)nc2=O)[C@H](O)[C@@H]1O)OC(=O)CCCCCCCCCCCCCC(C)C. The van der Waals surface area contributed by atoms with Crippen LogP contribution in [-0.2, 0) is 46.3 Å². The van der Waals surface area contributed by atoms with Gasteiger partial charge < -0.3 is 50.2 Å². The van der Waals surface area contributed by atoms with E-state index in [9.17, 15) is 53.7 Å². The molecule has 8 N–H and O–H groups in total. The van der Waals surface area contributed by atoms with Crippen molar-refractivity contribution >= 4 is 33.4 Å². The van der Waals surface area contributed by atoms with Crippen molar-refractivity contribution in [2.24, 2.45) is 5.92 Å². The largest absolute Gasteiger partial charge is 0.481 e. The Morgan fingerprint density at radius 2 is 1.34 bits per heavy atom. The van der Waals surface area contributed by atoms with E-state index < -0.39 is 95.9 Å². The molecule has 20 nitrogen and oxygen atoms in total. The standard InChI is InChI=1S/C51H83N3O17P2/c1-4-5-21-29-41(55)31-24-19-20-25-32-42(56)30-23-16-13-14-17-26-33-46(57)66-37-43(69-47(58)34-27-18-12-10-8-6-7-9-11-15-22-28-40(2)3)38-67-72(62,63)71-73(64,65)68-39-44-48(59)49(60)50(70-44)54-36-35-45(52)53-51(54)61/h5,14,16-17,19-21,23-25,31-32,35-36,40-44,48-50,55-56,59-60H,4,6-13,15,18,22,26-30,33-34,37-39H2,1-3H3,(H,62,63)(H,64,65)(H2,52,53,61)/b17-14-,20-19-,21-5-,23-16-,31-24+,32-25+/t41-,42+,43-,44-,48-,49-,50-/m1/s1. The van der Waals surface area contributed by atoms with Crippen LogP contribution in [0.25, 0.3) is 0 Å². The minimum Gasteiger partial charge on any atom is -0.462 e. The number of carbonyl (C=O) groups excluding carboxylic acids is 2. The monoisotopic (exact) mass is 1070 g/mol. The summed E-state index contributed by atoms with van der Waals surface area (Å²) in [6.07, 6.45) is 29.3. The summed E-state index contributed by atoms with van der Waals surface area (Å²) >= 11 is 0. The summed E-state index contributed by atoms with van der Waals surface area (Å²) in [5.74, 6) is -0.732. The van der Waals surface area contributed by atoms with Crippen molar-refractivity contribution < 1.29 is 76.5 Å². The van der Waals surface area contributed by atoms with Gasteiger partial charge in [-0.05, 0) is 50.5 Å². The van der Waals surface area contributed by atoms with Crippen LogP contribution >= 0.6 is 15.6 Å². The van der Waals surface area contributed by atoms with Gasteiger partial charge in [0.25, 0.3) is 0 Å². The second-order valence-corrected chi connectivity index (χ2v) is 21.2. The smallest absolute Gasteiger partial charge is 0.462 e. The maximum absolute atomic E-state index is 12.9. The third-order valence-corrected chi connectivity index (χ3v) is 13.8. The Kier molecular flexibility index (Phi) is 33.8. The molecule has 1 aromatic heterocycles. The predicted octanol–water partition coefficient (Wildman–Crippen LogP) is 8.30. The summed E-state index contributed by atoms with van der Waals surface area (Å²) in [5, 5.41) is 41.0. The summed E-state index contributed by atoms with van der Waals surface area (Å²) in [6.45, 7) is 4.07. The van der Waals surface area contributed by atoms with Crippen LogP contribution in [0.5, 0.6) is 0 Å². The normalized spacial score (nSPS) is 20.5. The Morgan fingerprint density at radius 3 is 1.95 bits per heavy atom. The number of aliphatic hydroxyl groups is 4. The average Bonchev–Trinajstić information content (AvgIpc) is 3.61. The fourth-order valence-electron chi connectivity index (χ4n) is 7.17. The van der Waals surface area contributed by atoms with Gasteiger partial charge in [-0.1, -0.05) is 164 Å². The maximum Gasteiger partial charge on any atom is 0.481 e. The zero-order chi connectivity index (χ0) is 53.9. The first kappa shape index (κ1) is 65.2. The lowest BCUT2D eigenvalue weighted by molar-refractivity contribution is -0.161. The molecule has 1 fully saturated rings. The van der Waals surface area contributed by atoms with E-state index in [2.05, 4.69) is 23.1 Å². The van der Waals surface area contributed by atoms with Gasteiger partial charge in [0, 0.05) is 19.0 Å². The summed E-state index contributed by atoms with van der Waals surface area (Å²) in [7, 11) is -10.9. The first-order valence-electron chi connectivity index (χ1n) is 25.5. The number of allylic oxidation sites excluding steroid dienone is 8. The topological polar surface area (TPSA) is 306 Å². The van der Waals surface area contributed by atoms with E-state index in [1.807, 2.05) is 37.3 Å². The molecule has 22 heteroatoms. The highest BCUT2D eigenvalue weighted by atomic mass is 31.3. The van der Waals surface area contributed by atoms with E-state index in [0.29, 0.717) is 32.1 Å². The highest BCUT2D eigenvalue weighted by molar-refractivity contribution is 7.61. The fraction of sp³-hybridized carbons (Fsp3) is 0.647. The number of ether oxygens (including phenoxy) is 3. The molecule has 73 heavy (non-hydrogen) atoms. The number of anilines is 1. The van der Waals surface area contributed by atoms with Crippen LogP contribution in [0.1, 0.15) is 149 Å². The molecule has 1 aliphatic rings. The predicted molar refractivity (Wildman–Crippen MR) is 277 cm³/mol. The van der Waals surface area contributed by atoms with Gasteiger partial charge in [-0.25, -0.2) is 13.9 Å². The van der Waals surface area contributed by atoms with Gasteiger partial charge in [-0.2, -0.15) is 9.29 Å². The van der Waals surface area contributed by atoms with Crippen LogP contribution in [0, 0.1) is 5.92 Å². The number of carbonyl (C=O) groups is 2. The van der Waals surface area contributed by atoms with Gasteiger partial charge >= 0.3 is 33.3 Å². The van der Waals surface area contributed by atoms with Gasteiger partial charge in [0.15, 0.2) is 12.3 Å². The van der Waals surface area contributed by atoms with Crippen molar-refractivity contribution in [1.29, 1.82) is 0 Å². The van der Waals surface area contributed by atoms with E-state index in [1.165, 1.54) is 51.0 Å². The molecular formula is C51H83N3O17P2. The molecule has 414 valence electrons. The molecule has 0 spiro atoms. The van der Waals surface area contributed by atoms with Crippen LogP contribution in [0.4, 0.5) is 5.82 Å². The third-order valence-electron chi connectivity index (χ3n) is 11.2. The number of nitrogens with two attached hydrogens (primary N) is 1. The fourth-order valence-corrected chi connectivity index (χ4v) is 9.28. The summed E-state index contributed by atoms with van der Waals surface area (Å²) in [5.41, 5.74) is 4.57. The van der Waals surface area contributed by atoms with Crippen molar-refractivity contribution in [3.05, 3.63) is 95.7 Å². The first-order chi connectivity index (χ1) is 34.8. The van der Waals surface area contributed by atoms with Crippen molar-refractivity contribution in [1.82, 2.24) is 9.55 Å². The summed E-state index contributed by atoms with van der Waals surface area (Å²) in [6, 6.07) is 1.24. The van der Waals surface area contributed by atoms with Gasteiger partial charge in [-0.3, -0.25) is 23.2 Å². The lowest BCUT2D eigenvalue weighted by atomic mass is 10.0. The molecule has 0 amide bonds. The minimum atomic E-state index is -5.46. The van der Waals surface area contributed by atoms with Crippen LogP contribution in [-0.4, -0.2) is 108 Å². The Bertz CT molecular complexity index is 2060. The lowest BCUT2D eigenvalue weighted by Gasteiger charge is -2.21. The second kappa shape index (κ2) is 37.8. The zero-order valence-corrected chi connectivity index (χ0v) is 44.6. The molecule has 0 radical (unpaired) electrons. The average molecular weight is 1070 g/mol. The summed E-state index contributed by atoms with van der Waals surface area (Å²) < 4.78 is 56.6. The van der Waals surface area contributed by atoms with Crippen LogP contribution in [0.3, 0.4) is 0 Å². The third kappa shape index (κ3) is 31.6. The Morgan fingerprint density at radius 1 is 0.767 bits per heavy atom. The molecule has 0 aromatic carbocycles. The molecule has 2 rings (SSSR count). The van der Waals surface area contributed by atoms with Gasteiger partial charge in [0.05, 0.1) is 25.4 Å². The molecule has 0 saturated carbocycles. The molecular weight excluding hydrogens is 989 g/mol. The maximum atomic E-state index is 12.9. The number of unbranched alkanes of at least 4 members (excludes halogenated alkanes) is 10. The number of esters is 2. The molecule has 2 heterocycles. The number of rotatable bonds is 40. The number of aromatic nitrogens is 2. The van der Waals surface area contributed by atoms with Crippen molar-refractivity contribution in [2.45, 2.75) is 186 Å². The highest BCUT2D eigenvalue weighted by Gasteiger charge is 2.46. The van der Waals surface area contributed by atoms with Crippen LogP contribution in [0.2, 0.25) is 0 Å². The van der Waals surface area contributed by atoms with E-state index in [4.69, 9.17) is 29.0 Å². The molecule has 1 saturated heterocycles. The Labute approximate surface area is 430 Å². The van der Waals surface area contributed by atoms with Gasteiger partial charge in [0.2, 0.25) is 0 Å². The molecule has 9 atom stereocenters. The molecule has 2 unspecified atom stereocenters. The van der Waals surface area contributed by atoms with Gasteiger partial charge in [0.1, 0.15) is 30.7 Å². The number of aliphatic hydroxyl groups excluding tert-OH is 4. The Balaban J connectivity index is 1.85.